The van der Waals surface area contributed by atoms with Crippen molar-refractivity contribution >= 4 is 11.9 Å². The van der Waals surface area contributed by atoms with Crippen LogP contribution < -0.4 is 5.32 Å². The van der Waals surface area contributed by atoms with Gasteiger partial charge in [0.25, 0.3) is 0 Å². The summed E-state index contributed by atoms with van der Waals surface area (Å²) < 4.78 is 1.77. The van der Waals surface area contributed by atoms with E-state index in [-0.39, 0.29) is 12.5 Å². The van der Waals surface area contributed by atoms with E-state index in [0.717, 1.165) is 0 Å². The molecule has 0 fully saturated rings. The minimum atomic E-state index is -0.895. The Morgan fingerprint density at radius 1 is 1.53 bits per heavy atom. The maximum absolute atomic E-state index is 10.6. The Labute approximate surface area is 88.3 Å². The average Bonchev–Trinajstić information content (AvgIpc) is 2.45. The molecular formula is C9H16N4O2. The first kappa shape index (κ1) is 11.5. The highest BCUT2D eigenvalue weighted by Crippen LogP contribution is 2.09. The van der Waals surface area contributed by atoms with Crippen molar-refractivity contribution in [3.8, 4) is 0 Å². The molecule has 0 aliphatic rings. The number of carboxylic acids is 1. The number of nitrogens with one attached hydrogen (secondary N) is 1. The largest absolute Gasteiger partial charge is 0.481 e. The van der Waals surface area contributed by atoms with E-state index in [4.69, 9.17) is 5.11 Å². The Bertz CT molecular complexity index is 346. The number of carboxylic acid groups (broad SMARTS) is 1. The van der Waals surface area contributed by atoms with Crippen LogP contribution in [0.1, 0.15) is 26.6 Å². The van der Waals surface area contributed by atoms with Crippen LogP contribution in [0, 0.1) is 0 Å². The van der Waals surface area contributed by atoms with Crippen molar-refractivity contribution in [2.45, 2.75) is 39.8 Å². The third-order valence-corrected chi connectivity index (χ3v) is 1.87. The molecule has 84 valence electrons. The second-order valence-corrected chi connectivity index (χ2v) is 3.55. The molecule has 2 N–H and O–H groups in total. The minimum Gasteiger partial charge on any atom is -0.481 e. The van der Waals surface area contributed by atoms with Gasteiger partial charge in [0.15, 0.2) is 0 Å². The van der Waals surface area contributed by atoms with Crippen molar-refractivity contribution in [3.63, 3.8) is 0 Å². The summed E-state index contributed by atoms with van der Waals surface area (Å²) in [6.07, 6.45) is -0.0966. The molecule has 1 rings (SSSR count). The molecule has 0 saturated carbocycles. The zero-order valence-corrected chi connectivity index (χ0v) is 9.19. The molecule has 0 aliphatic heterocycles. The first-order chi connectivity index (χ1) is 7.04. The lowest BCUT2D eigenvalue weighted by Crippen LogP contribution is -2.16. The smallest absolute Gasteiger partial charge is 0.311 e. The summed E-state index contributed by atoms with van der Waals surface area (Å²) >= 11 is 0. The molecule has 1 heterocycles. The molecule has 6 nitrogen and oxygen atoms in total. The van der Waals surface area contributed by atoms with Crippen molar-refractivity contribution in [1.82, 2.24) is 14.8 Å². The van der Waals surface area contributed by atoms with Crippen LogP contribution in [0.5, 0.6) is 0 Å². The summed E-state index contributed by atoms with van der Waals surface area (Å²) in [6.45, 7) is 6.57. The maximum atomic E-state index is 10.6. The summed E-state index contributed by atoms with van der Waals surface area (Å²) in [5, 5.41) is 19.6. The number of anilines is 1. The van der Waals surface area contributed by atoms with Crippen LogP contribution in [0.3, 0.4) is 0 Å². The van der Waals surface area contributed by atoms with Crippen molar-refractivity contribution < 1.29 is 9.90 Å². The van der Waals surface area contributed by atoms with E-state index in [1.54, 1.807) is 4.57 Å². The predicted molar refractivity (Wildman–Crippen MR) is 55.8 cm³/mol. The van der Waals surface area contributed by atoms with Gasteiger partial charge in [-0.25, -0.2) is 0 Å². The van der Waals surface area contributed by atoms with E-state index in [1.165, 1.54) is 0 Å². The molecule has 0 amide bonds. The first-order valence-electron chi connectivity index (χ1n) is 4.95. The van der Waals surface area contributed by atoms with Crippen molar-refractivity contribution in [3.05, 3.63) is 5.82 Å². The average molecular weight is 212 g/mol. The normalized spacial score (nSPS) is 10.7. The molecule has 0 atom stereocenters. The quantitative estimate of drug-likeness (QED) is 0.752. The van der Waals surface area contributed by atoms with Crippen LogP contribution in [0.4, 0.5) is 5.95 Å². The lowest BCUT2D eigenvalue weighted by Gasteiger charge is -2.10. The van der Waals surface area contributed by atoms with E-state index in [2.05, 4.69) is 15.5 Å². The summed E-state index contributed by atoms with van der Waals surface area (Å²) in [5.41, 5.74) is 0. The van der Waals surface area contributed by atoms with E-state index < -0.39 is 5.97 Å². The highest BCUT2D eigenvalue weighted by atomic mass is 16.4. The van der Waals surface area contributed by atoms with E-state index in [1.807, 2.05) is 20.8 Å². The Morgan fingerprint density at radius 3 is 2.67 bits per heavy atom. The van der Waals surface area contributed by atoms with Gasteiger partial charge in [-0.1, -0.05) is 0 Å². The third kappa shape index (κ3) is 2.93. The lowest BCUT2D eigenvalue weighted by atomic mass is 10.4. The van der Waals surface area contributed by atoms with Crippen LogP contribution >= 0.6 is 0 Å². The predicted octanol–water partition coefficient (Wildman–Crippen LogP) is 0.745. The van der Waals surface area contributed by atoms with Crippen LogP contribution in [0.15, 0.2) is 0 Å². The van der Waals surface area contributed by atoms with Crippen LogP contribution in [0.2, 0.25) is 0 Å². The second kappa shape index (κ2) is 4.77. The van der Waals surface area contributed by atoms with Gasteiger partial charge < -0.3 is 10.4 Å². The van der Waals surface area contributed by atoms with E-state index >= 15 is 0 Å². The number of rotatable bonds is 5. The zero-order valence-electron chi connectivity index (χ0n) is 9.19. The highest BCUT2D eigenvalue weighted by molar-refractivity contribution is 5.69. The number of hydrogen-bond donors (Lipinski definition) is 2. The summed E-state index contributed by atoms with van der Waals surface area (Å²) in [6, 6.07) is 0.247. The fraction of sp³-hybridized carbons (Fsp3) is 0.667. The molecule has 0 aliphatic carbocycles. The SMILES string of the molecule is CCn1c(CC(=O)O)nnc1NC(C)C. The molecule has 0 spiro atoms. The van der Waals surface area contributed by atoms with Crippen LogP contribution in [-0.2, 0) is 17.8 Å². The van der Waals surface area contributed by atoms with Crippen molar-refractivity contribution in [2.75, 3.05) is 5.32 Å². The Hall–Kier alpha value is -1.59. The van der Waals surface area contributed by atoms with Gasteiger partial charge in [0.2, 0.25) is 5.95 Å². The van der Waals surface area contributed by atoms with Gasteiger partial charge in [-0.2, -0.15) is 0 Å². The third-order valence-electron chi connectivity index (χ3n) is 1.87. The van der Waals surface area contributed by atoms with Gasteiger partial charge in [-0.05, 0) is 20.8 Å². The monoisotopic (exact) mass is 212 g/mol. The standard InChI is InChI=1S/C9H16N4O2/c1-4-13-7(5-8(14)15)11-12-9(13)10-6(2)3/h6H,4-5H2,1-3H3,(H,10,12)(H,14,15). The topological polar surface area (TPSA) is 80.0 Å². The second-order valence-electron chi connectivity index (χ2n) is 3.55. The number of carbonyl (C=O) groups is 1. The molecule has 1 aromatic rings. The van der Waals surface area contributed by atoms with Crippen LogP contribution in [0.25, 0.3) is 0 Å². The van der Waals surface area contributed by atoms with E-state index in [0.29, 0.717) is 18.3 Å². The van der Waals surface area contributed by atoms with Gasteiger partial charge >= 0.3 is 5.97 Å². The molecule has 0 aromatic carbocycles. The van der Waals surface area contributed by atoms with Crippen molar-refractivity contribution in [2.24, 2.45) is 0 Å². The first-order valence-corrected chi connectivity index (χ1v) is 4.95. The van der Waals surface area contributed by atoms with Gasteiger partial charge in [-0.15, -0.1) is 10.2 Å². The Balaban J connectivity index is 2.89. The maximum Gasteiger partial charge on any atom is 0.311 e. The molecule has 0 bridgehead atoms. The zero-order chi connectivity index (χ0) is 11.4. The molecule has 0 radical (unpaired) electrons. The van der Waals surface area contributed by atoms with Gasteiger partial charge in [0, 0.05) is 12.6 Å². The van der Waals surface area contributed by atoms with Crippen molar-refractivity contribution in [1.29, 1.82) is 0 Å². The van der Waals surface area contributed by atoms with E-state index in [9.17, 15) is 4.79 Å². The number of aromatic nitrogens is 3. The Kier molecular flexibility index (Phi) is 3.65. The fourth-order valence-corrected chi connectivity index (χ4v) is 1.30. The number of hydrogen-bond acceptors (Lipinski definition) is 4. The number of nitrogens with zero attached hydrogens (tertiary/aromatic N) is 3. The molecule has 1 aromatic heterocycles. The molecule has 15 heavy (non-hydrogen) atoms. The molecule has 6 heteroatoms. The summed E-state index contributed by atoms with van der Waals surface area (Å²) in [4.78, 5) is 10.6. The highest BCUT2D eigenvalue weighted by Gasteiger charge is 2.13. The molecule has 0 saturated heterocycles. The number of aliphatic carboxylic acids is 1. The summed E-state index contributed by atoms with van der Waals surface area (Å²) in [5.74, 6) is 0.213. The lowest BCUT2D eigenvalue weighted by molar-refractivity contribution is -0.136. The van der Waals surface area contributed by atoms with Crippen LogP contribution in [-0.4, -0.2) is 31.9 Å². The summed E-state index contributed by atoms with van der Waals surface area (Å²) in [7, 11) is 0. The molecule has 0 unspecified atom stereocenters. The minimum absolute atomic E-state index is 0.0966. The fourth-order valence-electron chi connectivity index (χ4n) is 1.30. The Morgan fingerprint density at radius 2 is 2.20 bits per heavy atom. The van der Waals surface area contributed by atoms with Gasteiger partial charge in [0.1, 0.15) is 12.2 Å². The van der Waals surface area contributed by atoms with Gasteiger partial charge in [0.05, 0.1) is 0 Å². The molecular weight excluding hydrogens is 196 g/mol. The van der Waals surface area contributed by atoms with Gasteiger partial charge in [-0.3, -0.25) is 9.36 Å².